The Labute approximate surface area is 162 Å². The molecule has 5 heteroatoms. The lowest BCUT2D eigenvalue weighted by atomic mass is 9.89. The fraction of sp³-hybridized carbons (Fsp3) is 0.409. The molecule has 1 aromatic carbocycles. The van der Waals surface area contributed by atoms with Gasteiger partial charge in [0.25, 0.3) is 0 Å². The average Bonchev–Trinajstić information content (AvgIpc) is 2.66. The molecule has 2 amide bonds. The molecule has 0 aliphatic rings. The van der Waals surface area contributed by atoms with Gasteiger partial charge >= 0.3 is 0 Å². The van der Waals surface area contributed by atoms with Gasteiger partial charge in [0.2, 0.25) is 11.8 Å². The normalized spacial score (nSPS) is 11.1. The number of aromatic nitrogens is 1. The van der Waals surface area contributed by atoms with Crippen LogP contribution in [0.25, 0.3) is 0 Å². The molecular weight excluding hydrogens is 338 g/mol. The Morgan fingerprint density at radius 1 is 1.07 bits per heavy atom. The minimum absolute atomic E-state index is 0.173. The zero-order valence-electron chi connectivity index (χ0n) is 16.9. The topological polar surface area (TPSA) is 53.5 Å². The van der Waals surface area contributed by atoms with Crippen molar-refractivity contribution in [1.29, 1.82) is 0 Å². The van der Waals surface area contributed by atoms with Gasteiger partial charge in [0, 0.05) is 38.2 Å². The van der Waals surface area contributed by atoms with Crippen LogP contribution in [0.4, 0.5) is 5.69 Å². The quantitative estimate of drug-likeness (QED) is 0.704. The van der Waals surface area contributed by atoms with Gasteiger partial charge in [0.1, 0.15) is 5.41 Å². The molecule has 0 spiro atoms. The smallest absolute Gasteiger partial charge is 0.242 e. The number of benzene rings is 1. The minimum atomic E-state index is -1.13. The predicted molar refractivity (Wildman–Crippen MR) is 109 cm³/mol. The largest absolute Gasteiger partial charge is 0.345 e. The summed E-state index contributed by atoms with van der Waals surface area (Å²) in [5, 5.41) is 0. The lowest BCUT2D eigenvalue weighted by Gasteiger charge is -2.33. The molecule has 0 bridgehead atoms. The molecule has 0 saturated heterocycles. The monoisotopic (exact) mass is 367 g/mol. The average molecular weight is 367 g/mol. The Balaban J connectivity index is 2.11. The van der Waals surface area contributed by atoms with Gasteiger partial charge in [-0.2, -0.15) is 0 Å². The third-order valence-electron chi connectivity index (χ3n) is 4.78. The van der Waals surface area contributed by atoms with Crippen molar-refractivity contribution in [1.82, 2.24) is 9.88 Å². The number of carbonyl (C=O) groups is 2. The van der Waals surface area contributed by atoms with Crippen LogP contribution in [-0.2, 0) is 16.0 Å². The number of likely N-dealkylation sites (N-methyl/N-ethyl adjacent to an activating group) is 1. The Bertz CT molecular complexity index is 787. The minimum Gasteiger partial charge on any atom is -0.345 e. The lowest BCUT2D eigenvalue weighted by Crippen LogP contribution is -2.50. The number of carbonyl (C=O) groups excluding carboxylic acids is 2. The van der Waals surface area contributed by atoms with Crippen molar-refractivity contribution in [3.63, 3.8) is 0 Å². The zero-order valence-corrected chi connectivity index (χ0v) is 16.9. The molecule has 1 heterocycles. The van der Waals surface area contributed by atoms with E-state index in [1.165, 1.54) is 0 Å². The van der Waals surface area contributed by atoms with E-state index in [1.54, 1.807) is 43.1 Å². The maximum absolute atomic E-state index is 13.2. The van der Waals surface area contributed by atoms with Crippen LogP contribution in [0.5, 0.6) is 0 Å². The van der Waals surface area contributed by atoms with Gasteiger partial charge in [-0.3, -0.25) is 14.6 Å². The summed E-state index contributed by atoms with van der Waals surface area (Å²) < 4.78 is 0. The van der Waals surface area contributed by atoms with Crippen LogP contribution in [0.3, 0.4) is 0 Å². The van der Waals surface area contributed by atoms with Crippen LogP contribution in [0, 0.1) is 12.3 Å². The second-order valence-corrected chi connectivity index (χ2v) is 7.35. The predicted octanol–water partition coefficient (Wildman–Crippen LogP) is 3.47. The van der Waals surface area contributed by atoms with Crippen LogP contribution in [0.15, 0.2) is 48.8 Å². The van der Waals surface area contributed by atoms with Crippen molar-refractivity contribution in [2.75, 3.05) is 25.0 Å². The fourth-order valence-electron chi connectivity index (χ4n) is 3.09. The van der Waals surface area contributed by atoms with Gasteiger partial charge in [-0.05, 0) is 69.5 Å². The van der Waals surface area contributed by atoms with Crippen molar-refractivity contribution in [2.24, 2.45) is 5.41 Å². The molecule has 0 fully saturated rings. The number of amides is 2. The molecule has 2 aromatic rings. The first-order valence-electron chi connectivity index (χ1n) is 9.30. The molecule has 0 aliphatic carbocycles. The van der Waals surface area contributed by atoms with Crippen molar-refractivity contribution in [3.8, 4) is 0 Å². The highest BCUT2D eigenvalue weighted by Gasteiger charge is 2.41. The van der Waals surface area contributed by atoms with E-state index in [0.717, 1.165) is 23.2 Å². The third-order valence-corrected chi connectivity index (χ3v) is 4.78. The van der Waals surface area contributed by atoms with Crippen LogP contribution in [0.1, 0.15) is 31.9 Å². The number of nitrogens with zero attached hydrogens (tertiary/aromatic N) is 3. The summed E-state index contributed by atoms with van der Waals surface area (Å²) >= 11 is 0. The van der Waals surface area contributed by atoms with E-state index in [1.807, 2.05) is 50.2 Å². The second-order valence-electron chi connectivity index (χ2n) is 7.35. The maximum atomic E-state index is 13.2. The molecule has 2 rings (SSSR count). The van der Waals surface area contributed by atoms with E-state index in [9.17, 15) is 9.59 Å². The highest BCUT2D eigenvalue weighted by Crippen LogP contribution is 2.26. The molecule has 144 valence electrons. The summed E-state index contributed by atoms with van der Waals surface area (Å²) in [7, 11) is 1.75. The molecule has 0 saturated carbocycles. The molecule has 0 N–H and O–H groups in total. The Morgan fingerprint density at radius 2 is 1.74 bits per heavy atom. The van der Waals surface area contributed by atoms with E-state index in [2.05, 4.69) is 4.98 Å². The summed E-state index contributed by atoms with van der Waals surface area (Å²) in [6.45, 7) is 8.40. The molecule has 0 aliphatic heterocycles. The van der Waals surface area contributed by atoms with E-state index >= 15 is 0 Å². The van der Waals surface area contributed by atoms with Crippen LogP contribution in [-0.4, -0.2) is 41.8 Å². The van der Waals surface area contributed by atoms with Gasteiger partial charge in [-0.1, -0.05) is 12.1 Å². The number of rotatable bonds is 7. The molecular formula is C22H29N3O2. The van der Waals surface area contributed by atoms with Gasteiger partial charge in [0.15, 0.2) is 0 Å². The summed E-state index contributed by atoms with van der Waals surface area (Å²) in [6, 6.07) is 11.7. The highest BCUT2D eigenvalue weighted by atomic mass is 16.2. The number of aryl methyl sites for hydroxylation is 1. The Morgan fingerprint density at radius 3 is 2.33 bits per heavy atom. The van der Waals surface area contributed by atoms with Crippen molar-refractivity contribution < 1.29 is 9.59 Å². The Hall–Kier alpha value is -2.69. The van der Waals surface area contributed by atoms with E-state index < -0.39 is 5.41 Å². The first kappa shape index (κ1) is 20.6. The lowest BCUT2D eigenvalue weighted by molar-refractivity contribution is -0.146. The van der Waals surface area contributed by atoms with Crippen molar-refractivity contribution in [3.05, 3.63) is 59.9 Å². The molecule has 0 radical (unpaired) electrons. The van der Waals surface area contributed by atoms with Crippen LogP contribution >= 0.6 is 0 Å². The molecule has 0 atom stereocenters. The summed E-state index contributed by atoms with van der Waals surface area (Å²) in [5.74, 6) is -0.357. The van der Waals surface area contributed by atoms with Crippen molar-refractivity contribution >= 4 is 17.5 Å². The van der Waals surface area contributed by atoms with E-state index in [-0.39, 0.29) is 11.8 Å². The molecule has 1 aromatic heterocycles. The summed E-state index contributed by atoms with van der Waals surface area (Å²) in [5.41, 5.74) is 1.89. The van der Waals surface area contributed by atoms with E-state index in [0.29, 0.717) is 13.1 Å². The van der Waals surface area contributed by atoms with Gasteiger partial charge in [-0.15, -0.1) is 0 Å². The SMILES string of the molecule is CCN(C(=O)C(C)(C)C(=O)N(C)CCc1ccncc1)c1cccc(C)c1. The van der Waals surface area contributed by atoms with E-state index in [4.69, 9.17) is 0 Å². The maximum Gasteiger partial charge on any atom is 0.242 e. The Kier molecular flexibility index (Phi) is 6.72. The van der Waals surface area contributed by atoms with Crippen LogP contribution < -0.4 is 4.90 Å². The highest BCUT2D eigenvalue weighted by molar-refractivity contribution is 6.10. The van der Waals surface area contributed by atoms with Gasteiger partial charge in [-0.25, -0.2) is 0 Å². The molecule has 0 unspecified atom stereocenters. The van der Waals surface area contributed by atoms with Crippen LogP contribution in [0.2, 0.25) is 0 Å². The summed E-state index contributed by atoms with van der Waals surface area (Å²) in [4.78, 5) is 33.5. The number of pyridine rings is 1. The third kappa shape index (κ3) is 4.94. The second kappa shape index (κ2) is 8.80. The number of hydrogen-bond acceptors (Lipinski definition) is 3. The van der Waals surface area contributed by atoms with Gasteiger partial charge < -0.3 is 9.80 Å². The standard InChI is InChI=1S/C22H29N3O2/c1-6-25(19-9-7-8-17(2)16-19)21(27)22(3,4)20(26)24(5)15-12-18-10-13-23-14-11-18/h7-11,13-14,16H,6,12,15H2,1-5H3. The first-order chi connectivity index (χ1) is 12.8. The van der Waals surface area contributed by atoms with Crippen molar-refractivity contribution in [2.45, 2.75) is 34.1 Å². The number of anilines is 1. The molecule has 27 heavy (non-hydrogen) atoms. The number of hydrogen-bond donors (Lipinski definition) is 0. The zero-order chi connectivity index (χ0) is 20.0. The fourth-order valence-corrected chi connectivity index (χ4v) is 3.09. The van der Waals surface area contributed by atoms with Gasteiger partial charge in [0.05, 0.1) is 0 Å². The summed E-state index contributed by atoms with van der Waals surface area (Å²) in [6.07, 6.45) is 4.21. The first-order valence-corrected chi connectivity index (χ1v) is 9.30. The molecule has 5 nitrogen and oxygen atoms in total.